The number of carbonyl (C=O) groups excluding carboxylic acids is 2. The SMILES string of the molecule is CC[C@H](C(=O)NC(C)(C)C)N(Cc1ccc(F)cc1)C(=O)CSc1ccccc1. The maximum Gasteiger partial charge on any atom is 0.243 e. The molecule has 0 fully saturated rings. The third-order valence-electron chi connectivity index (χ3n) is 4.26. The molecule has 0 spiro atoms. The van der Waals surface area contributed by atoms with E-state index in [2.05, 4.69) is 5.32 Å². The van der Waals surface area contributed by atoms with Gasteiger partial charge in [0.05, 0.1) is 5.75 Å². The fourth-order valence-electron chi connectivity index (χ4n) is 2.90. The molecule has 6 heteroatoms. The van der Waals surface area contributed by atoms with Gasteiger partial charge in [0.1, 0.15) is 11.9 Å². The van der Waals surface area contributed by atoms with Gasteiger partial charge >= 0.3 is 0 Å². The Kier molecular flexibility index (Phi) is 8.26. The van der Waals surface area contributed by atoms with Gasteiger partial charge in [0.25, 0.3) is 0 Å². The zero-order valence-corrected chi connectivity index (χ0v) is 18.3. The van der Waals surface area contributed by atoms with Crippen LogP contribution in [-0.4, -0.2) is 34.0 Å². The van der Waals surface area contributed by atoms with Gasteiger partial charge in [0, 0.05) is 17.0 Å². The van der Waals surface area contributed by atoms with Crippen LogP contribution in [0.5, 0.6) is 0 Å². The average Bonchev–Trinajstić information content (AvgIpc) is 2.67. The Hall–Kier alpha value is -2.34. The number of hydrogen-bond donors (Lipinski definition) is 1. The summed E-state index contributed by atoms with van der Waals surface area (Å²) in [6.45, 7) is 7.88. The summed E-state index contributed by atoms with van der Waals surface area (Å²) in [5.74, 6) is -0.409. The van der Waals surface area contributed by atoms with E-state index < -0.39 is 11.6 Å². The standard InChI is InChI=1S/C23H29FN2O2S/c1-5-20(22(28)25-23(2,3)4)26(15-17-11-13-18(24)14-12-17)21(27)16-29-19-9-7-6-8-10-19/h6-14,20H,5,15-16H2,1-4H3,(H,25,28)/t20-/m1/s1. The van der Waals surface area contributed by atoms with E-state index in [4.69, 9.17) is 0 Å². The van der Waals surface area contributed by atoms with E-state index in [1.807, 2.05) is 58.0 Å². The van der Waals surface area contributed by atoms with Crippen LogP contribution >= 0.6 is 11.8 Å². The molecule has 0 aliphatic heterocycles. The zero-order chi connectivity index (χ0) is 21.4. The molecule has 0 aromatic heterocycles. The van der Waals surface area contributed by atoms with Crippen molar-refractivity contribution in [3.63, 3.8) is 0 Å². The summed E-state index contributed by atoms with van der Waals surface area (Å²) in [5, 5.41) is 2.97. The van der Waals surface area contributed by atoms with Gasteiger partial charge in [-0.2, -0.15) is 0 Å². The molecule has 156 valence electrons. The molecule has 0 radical (unpaired) electrons. The quantitative estimate of drug-likeness (QED) is 0.638. The van der Waals surface area contributed by atoms with Gasteiger partial charge < -0.3 is 10.2 Å². The summed E-state index contributed by atoms with van der Waals surface area (Å²) in [4.78, 5) is 28.6. The van der Waals surface area contributed by atoms with Crippen LogP contribution in [0.4, 0.5) is 4.39 Å². The van der Waals surface area contributed by atoms with E-state index in [1.54, 1.807) is 17.0 Å². The molecule has 0 aliphatic rings. The Morgan fingerprint density at radius 3 is 2.24 bits per heavy atom. The number of amides is 2. The lowest BCUT2D eigenvalue weighted by Crippen LogP contribution is -2.53. The Labute approximate surface area is 176 Å². The van der Waals surface area contributed by atoms with Crippen molar-refractivity contribution in [2.24, 2.45) is 0 Å². The number of benzene rings is 2. The molecule has 0 aliphatic carbocycles. The lowest BCUT2D eigenvalue weighted by molar-refractivity contribution is -0.140. The maximum atomic E-state index is 13.3. The van der Waals surface area contributed by atoms with E-state index in [1.165, 1.54) is 23.9 Å². The molecule has 1 N–H and O–H groups in total. The summed E-state index contributed by atoms with van der Waals surface area (Å²) in [7, 11) is 0. The molecule has 2 aromatic carbocycles. The summed E-state index contributed by atoms with van der Waals surface area (Å²) < 4.78 is 13.3. The van der Waals surface area contributed by atoms with Gasteiger partial charge in [0.15, 0.2) is 0 Å². The summed E-state index contributed by atoms with van der Waals surface area (Å²) in [5.41, 5.74) is 0.389. The van der Waals surface area contributed by atoms with Crippen molar-refractivity contribution in [2.45, 2.75) is 57.1 Å². The molecule has 1 atom stereocenters. The molecule has 4 nitrogen and oxygen atoms in total. The van der Waals surface area contributed by atoms with Crippen LogP contribution in [0, 0.1) is 5.82 Å². The van der Waals surface area contributed by atoms with Crippen LogP contribution in [-0.2, 0) is 16.1 Å². The Balaban J connectivity index is 2.21. The first-order valence-corrected chi connectivity index (χ1v) is 10.7. The van der Waals surface area contributed by atoms with Crippen LogP contribution in [0.1, 0.15) is 39.7 Å². The van der Waals surface area contributed by atoms with Crippen molar-refractivity contribution in [1.82, 2.24) is 10.2 Å². The van der Waals surface area contributed by atoms with Gasteiger partial charge in [-0.05, 0) is 57.0 Å². The number of nitrogens with zero attached hydrogens (tertiary/aromatic N) is 1. The van der Waals surface area contributed by atoms with E-state index in [9.17, 15) is 14.0 Å². The van der Waals surface area contributed by atoms with Crippen LogP contribution in [0.3, 0.4) is 0 Å². The summed E-state index contributed by atoms with van der Waals surface area (Å²) in [6, 6.07) is 15.1. The topological polar surface area (TPSA) is 49.4 Å². The second-order valence-corrected chi connectivity index (χ2v) is 8.96. The fraction of sp³-hybridized carbons (Fsp3) is 0.391. The highest BCUT2D eigenvalue weighted by Crippen LogP contribution is 2.20. The monoisotopic (exact) mass is 416 g/mol. The van der Waals surface area contributed by atoms with Crippen LogP contribution < -0.4 is 5.32 Å². The summed E-state index contributed by atoms with van der Waals surface area (Å²) in [6.07, 6.45) is 0.491. The highest BCUT2D eigenvalue weighted by Gasteiger charge is 2.30. The van der Waals surface area contributed by atoms with E-state index >= 15 is 0 Å². The van der Waals surface area contributed by atoms with Gasteiger partial charge in [-0.3, -0.25) is 9.59 Å². The molecular formula is C23H29FN2O2S. The molecule has 2 aromatic rings. The normalized spacial score (nSPS) is 12.3. The largest absolute Gasteiger partial charge is 0.350 e. The maximum absolute atomic E-state index is 13.3. The highest BCUT2D eigenvalue weighted by atomic mass is 32.2. The number of rotatable bonds is 8. The van der Waals surface area contributed by atoms with E-state index in [0.717, 1.165) is 10.5 Å². The molecule has 0 bridgehead atoms. The van der Waals surface area contributed by atoms with Crippen molar-refractivity contribution in [1.29, 1.82) is 0 Å². The van der Waals surface area contributed by atoms with Crippen molar-refractivity contribution in [3.05, 3.63) is 66.0 Å². The third kappa shape index (κ3) is 7.54. The van der Waals surface area contributed by atoms with E-state index in [-0.39, 0.29) is 29.9 Å². The van der Waals surface area contributed by atoms with Crippen molar-refractivity contribution in [3.8, 4) is 0 Å². The number of carbonyl (C=O) groups is 2. The average molecular weight is 417 g/mol. The van der Waals surface area contributed by atoms with Crippen molar-refractivity contribution in [2.75, 3.05) is 5.75 Å². The van der Waals surface area contributed by atoms with Crippen molar-refractivity contribution >= 4 is 23.6 Å². The van der Waals surface area contributed by atoms with Gasteiger partial charge in [-0.15, -0.1) is 11.8 Å². The van der Waals surface area contributed by atoms with Crippen LogP contribution in [0.2, 0.25) is 0 Å². The molecule has 29 heavy (non-hydrogen) atoms. The second kappa shape index (κ2) is 10.4. The lowest BCUT2D eigenvalue weighted by atomic mass is 10.1. The first-order valence-electron chi connectivity index (χ1n) is 9.73. The van der Waals surface area contributed by atoms with Crippen molar-refractivity contribution < 1.29 is 14.0 Å². The van der Waals surface area contributed by atoms with Crippen LogP contribution in [0.25, 0.3) is 0 Å². The number of nitrogens with one attached hydrogen (secondary N) is 1. The Bertz CT molecular complexity index is 804. The third-order valence-corrected chi connectivity index (χ3v) is 5.25. The fourth-order valence-corrected chi connectivity index (χ4v) is 3.71. The van der Waals surface area contributed by atoms with E-state index in [0.29, 0.717) is 6.42 Å². The minimum absolute atomic E-state index is 0.126. The van der Waals surface area contributed by atoms with Gasteiger partial charge in [0.2, 0.25) is 11.8 Å². The molecule has 0 unspecified atom stereocenters. The second-order valence-electron chi connectivity index (χ2n) is 7.91. The first-order chi connectivity index (χ1) is 13.7. The van der Waals surface area contributed by atoms with Gasteiger partial charge in [-0.1, -0.05) is 37.3 Å². The smallest absolute Gasteiger partial charge is 0.243 e. The molecule has 2 amide bonds. The highest BCUT2D eigenvalue weighted by molar-refractivity contribution is 8.00. The Morgan fingerprint density at radius 1 is 1.07 bits per heavy atom. The Morgan fingerprint density at radius 2 is 1.69 bits per heavy atom. The lowest BCUT2D eigenvalue weighted by Gasteiger charge is -2.33. The number of halogens is 1. The molecule has 0 saturated carbocycles. The van der Waals surface area contributed by atoms with Crippen LogP contribution in [0.15, 0.2) is 59.5 Å². The molecule has 0 heterocycles. The molecular weight excluding hydrogens is 387 g/mol. The predicted octanol–water partition coefficient (Wildman–Crippen LogP) is 4.64. The number of thioether (sulfide) groups is 1. The predicted molar refractivity (Wildman–Crippen MR) is 116 cm³/mol. The van der Waals surface area contributed by atoms with Gasteiger partial charge in [-0.25, -0.2) is 4.39 Å². The number of hydrogen-bond acceptors (Lipinski definition) is 3. The minimum Gasteiger partial charge on any atom is -0.350 e. The summed E-state index contributed by atoms with van der Waals surface area (Å²) >= 11 is 1.44. The zero-order valence-electron chi connectivity index (χ0n) is 17.4. The molecule has 2 rings (SSSR count). The molecule has 0 saturated heterocycles. The first kappa shape index (κ1) is 22.9. The minimum atomic E-state index is -0.594.